The van der Waals surface area contributed by atoms with E-state index in [9.17, 15) is 49.4 Å². The van der Waals surface area contributed by atoms with Gasteiger partial charge < -0.3 is 14.7 Å². The highest BCUT2D eigenvalue weighted by Gasteiger charge is 2.47. The highest BCUT2D eigenvalue weighted by Crippen LogP contribution is 2.52. The molecule has 262 valence electrons. The number of fused-ring (bicyclic) bond motifs is 1. The van der Waals surface area contributed by atoms with Gasteiger partial charge in [-0.2, -0.15) is 39.5 Å². The summed E-state index contributed by atoms with van der Waals surface area (Å²) >= 11 is 0. The van der Waals surface area contributed by atoms with E-state index in [-0.39, 0.29) is 41.7 Å². The van der Waals surface area contributed by atoms with Crippen LogP contribution in [0.5, 0.6) is 5.75 Å². The molecule has 1 heterocycles. The van der Waals surface area contributed by atoms with Gasteiger partial charge in [-0.05, 0) is 109 Å². The van der Waals surface area contributed by atoms with Crippen LogP contribution < -0.4 is 4.74 Å². The van der Waals surface area contributed by atoms with E-state index in [1.165, 1.54) is 13.2 Å². The minimum atomic E-state index is -5.08. The Bertz CT molecular complexity index is 1740. The van der Waals surface area contributed by atoms with Crippen molar-refractivity contribution in [3.63, 3.8) is 0 Å². The number of methoxy groups -OCH3 is 1. The molecule has 0 bridgehead atoms. The molecule has 49 heavy (non-hydrogen) atoms. The molecule has 6 rings (SSSR count). The number of rotatable bonds is 6. The second-order valence-corrected chi connectivity index (χ2v) is 12.8. The average Bonchev–Trinajstić information content (AvgIpc) is 3.65. The molecule has 2 saturated carbocycles. The van der Waals surface area contributed by atoms with Crippen molar-refractivity contribution < 1.29 is 59.0 Å². The largest absolute Gasteiger partial charge is 0.496 e. The molecule has 0 aromatic heterocycles. The van der Waals surface area contributed by atoms with Crippen LogP contribution in [0.4, 0.5) is 39.5 Å². The van der Waals surface area contributed by atoms with Gasteiger partial charge in [-0.15, -0.1) is 0 Å². The van der Waals surface area contributed by atoms with E-state index < -0.39 is 65.0 Å². The number of hydrogen-bond donors (Lipinski definition) is 1. The number of alkyl halides is 9. The standard InChI is InChI=1S/C35H30F9NO4/c1-48-29-11-6-19(17-2-4-18(5-3-17)32(46)47)14-28(29)24-8-7-21(33(36,37)38)16-27(24)25-9-10-26-30(25)45-49-31(26)20-12-22(34(39,40)41)15-23(13-20)35(42,43)44/h6-8,11-18,25-26,31H,2-5,9-10H2,1H3,(H,46,47)/t17-,18-,25-,26+,31+/m0/s1. The van der Waals surface area contributed by atoms with Crippen LogP contribution in [0.2, 0.25) is 0 Å². The molecule has 3 aromatic rings. The first kappa shape index (κ1) is 34.6. The molecule has 2 aliphatic carbocycles. The lowest BCUT2D eigenvalue weighted by Crippen LogP contribution is -2.20. The van der Waals surface area contributed by atoms with Gasteiger partial charge in [-0.25, -0.2) is 0 Å². The van der Waals surface area contributed by atoms with Crippen LogP contribution in [0.15, 0.2) is 59.8 Å². The van der Waals surface area contributed by atoms with Gasteiger partial charge in [0, 0.05) is 17.4 Å². The van der Waals surface area contributed by atoms with Crippen molar-refractivity contribution in [3.8, 4) is 16.9 Å². The van der Waals surface area contributed by atoms with E-state index in [0.717, 1.165) is 17.7 Å². The monoisotopic (exact) mass is 699 g/mol. The summed E-state index contributed by atoms with van der Waals surface area (Å²) in [5.74, 6) is -2.50. The number of oxime groups is 1. The summed E-state index contributed by atoms with van der Waals surface area (Å²) in [5, 5.41) is 13.5. The Morgan fingerprint density at radius 3 is 1.94 bits per heavy atom. The second kappa shape index (κ2) is 12.6. The first-order valence-corrected chi connectivity index (χ1v) is 15.6. The number of benzene rings is 3. The smallest absolute Gasteiger partial charge is 0.416 e. The van der Waals surface area contributed by atoms with Gasteiger partial charge in [-0.3, -0.25) is 4.79 Å². The fourth-order valence-electron chi connectivity index (χ4n) is 7.42. The molecule has 3 aromatic carbocycles. The molecule has 5 nitrogen and oxygen atoms in total. The van der Waals surface area contributed by atoms with Gasteiger partial charge in [0.25, 0.3) is 0 Å². The average molecular weight is 700 g/mol. The first-order valence-electron chi connectivity index (χ1n) is 15.6. The molecule has 0 spiro atoms. The van der Waals surface area contributed by atoms with Crippen molar-refractivity contribution in [1.29, 1.82) is 0 Å². The maximum atomic E-state index is 14.0. The maximum absolute atomic E-state index is 14.0. The lowest BCUT2D eigenvalue weighted by Gasteiger charge is -2.27. The molecule has 0 amide bonds. The van der Waals surface area contributed by atoms with E-state index in [0.29, 0.717) is 54.7 Å². The number of halogens is 9. The van der Waals surface area contributed by atoms with Gasteiger partial charge in [0.2, 0.25) is 0 Å². The van der Waals surface area contributed by atoms with E-state index >= 15 is 0 Å². The van der Waals surface area contributed by atoms with Crippen molar-refractivity contribution >= 4 is 11.7 Å². The van der Waals surface area contributed by atoms with Crippen LogP contribution in [-0.4, -0.2) is 23.9 Å². The van der Waals surface area contributed by atoms with Crippen LogP contribution in [0, 0.1) is 11.8 Å². The summed E-state index contributed by atoms with van der Waals surface area (Å²) in [5.41, 5.74) is -2.16. The van der Waals surface area contributed by atoms with Gasteiger partial charge >= 0.3 is 24.5 Å². The van der Waals surface area contributed by atoms with Crippen molar-refractivity contribution in [3.05, 3.63) is 88.0 Å². The van der Waals surface area contributed by atoms with Crippen LogP contribution in [0.25, 0.3) is 11.1 Å². The Kier molecular flexibility index (Phi) is 8.89. The molecule has 3 atom stereocenters. The van der Waals surface area contributed by atoms with Gasteiger partial charge in [0.15, 0.2) is 6.10 Å². The number of aliphatic carboxylic acids is 1. The van der Waals surface area contributed by atoms with E-state index in [1.54, 1.807) is 6.07 Å². The zero-order valence-electron chi connectivity index (χ0n) is 25.8. The van der Waals surface area contributed by atoms with Gasteiger partial charge in [0.05, 0.1) is 35.4 Å². The fraction of sp³-hybridized carbons (Fsp3) is 0.429. The quantitative estimate of drug-likeness (QED) is 0.260. The molecule has 3 aliphatic rings. The molecule has 0 unspecified atom stereocenters. The van der Waals surface area contributed by atoms with Crippen molar-refractivity contribution in [1.82, 2.24) is 0 Å². The Labute approximate surface area is 274 Å². The van der Waals surface area contributed by atoms with Crippen LogP contribution in [0.1, 0.15) is 89.8 Å². The highest BCUT2D eigenvalue weighted by atomic mass is 19.4. The highest BCUT2D eigenvalue weighted by molar-refractivity contribution is 5.97. The molecule has 1 N–H and O–H groups in total. The minimum absolute atomic E-state index is 0.0106. The predicted molar refractivity (Wildman–Crippen MR) is 159 cm³/mol. The third-order valence-electron chi connectivity index (χ3n) is 9.89. The third kappa shape index (κ3) is 6.83. The number of carboxylic acids is 1. The molecule has 0 radical (unpaired) electrons. The second-order valence-electron chi connectivity index (χ2n) is 12.8. The zero-order valence-corrected chi connectivity index (χ0v) is 25.8. The summed E-state index contributed by atoms with van der Waals surface area (Å²) in [6.07, 6.45) is -13.6. The Morgan fingerprint density at radius 1 is 0.735 bits per heavy atom. The van der Waals surface area contributed by atoms with Gasteiger partial charge in [0.1, 0.15) is 5.75 Å². The maximum Gasteiger partial charge on any atom is 0.416 e. The van der Waals surface area contributed by atoms with Crippen LogP contribution in [0.3, 0.4) is 0 Å². The van der Waals surface area contributed by atoms with Crippen LogP contribution >= 0.6 is 0 Å². The Morgan fingerprint density at radius 2 is 1.37 bits per heavy atom. The SMILES string of the molecule is COc1ccc([C@H]2CC[C@H](C(=O)O)CC2)cc1-c1ccc(C(F)(F)F)cc1[C@@H]1CC[C@@H]2C1=NO[C@@H]2c1cc(C(F)(F)F)cc(C(F)(F)F)c1. The summed E-state index contributed by atoms with van der Waals surface area (Å²) in [6, 6.07) is 9.80. The lowest BCUT2D eigenvalue weighted by atomic mass is 9.77. The predicted octanol–water partition coefficient (Wildman–Crippen LogP) is 10.4. The first-order chi connectivity index (χ1) is 23.0. The van der Waals surface area contributed by atoms with E-state index in [4.69, 9.17) is 9.57 Å². The molecular formula is C35H30F9NO4. The van der Waals surface area contributed by atoms with Crippen LogP contribution in [-0.2, 0) is 28.2 Å². The van der Waals surface area contributed by atoms with Crippen molar-refractivity contribution in [2.45, 2.75) is 75.0 Å². The van der Waals surface area contributed by atoms with Crippen molar-refractivity contribution in [2.24, 2.45) is 17.0 Å². The lowest BCUT2D eigenvalue weighted by molar-refractivity contribution is -0.144. The summed E-state index contributed by atoms with van der Waals surface area (Å²) in [7, 11) is 1.41. The normalized spacial score (nSPS) is 24.3. The number of nitrogens with zero attached hydrogens (tertiary/aromatic N) is 1. The minimum Gasteiger partial charge on any atom is -0.496 e. The summed E-state index contributed by atoms with van der Waals surface area (Å²) in [4.78, 5) is 16.9. The van der Waals surface area contributed by atoms with E-state index in [2.05, 4.69) is 5.16 Å². The molecular weight excluding hydrogens is 669 g/mol. The number of ether oxygens (including phenoxy) is 1. The van der Waals surface area contributed by atoms with Gasteiger partial charge in [-0.1, -0.05) is 17.3 Å². The number of carbonyl (C=O) groups is 1. The zero-order chi connectivity index (χ0) is 35.5. The summed E-state index contributed by atoms with van der Waals surface area (Å²) < 4.78 is 129. The molecule has 2 fully saturated rings. The topological polar surface area (TPSA) is 68.1 Å². The molecule has 14 heteroatoms. The fourth-order valence-corrected chi connectivity index (χ4v) is 7.42. The van der Waals surface area contributed by atoms with E-state index in [1.807, 2.05) is 12.1 Å². The summed E-state index contributed by atoms with van der Waals surface area (Å²) in [6.45, 7) is 0. The third-order valence-corrected chi connectivity index (χ3v) is 9.89. The number of carboxylic acid groups (broad SMARTS) is 1. The molecule has 1 aliphatic heterocycles. The Balaban J connectivity index is 1.39. The number of hydrogen-bond acceptors (Lipinski definition) is 4. The van der Waals surface area contributed by atoms with Crippen molar-refractivity contribution in [2.75, 3.05) is 7.11 Å². The molecule has 0 saturated heterocycles. The Hall–Kier alpha value is -4.23.